The highest BCUT2D eigenvalue weighted by Crippen LogP contribution is 2.34. The molecule has 1 aromatic carbocycles. The van der Waals surface area contributed by atoms with Crippen molar-refractivity contribution in [3.8, 4) is 0 Å². The molecule has 104 valence electrons. The summed E-state index contributed by atoms with van der Waals surface area (Å²) in [7, 11) is 0. The van der Waals surface area contributed by atoms with E-state index in [4.69, 9.17) is 11.6 Å². The van der Waals surface area contributed by atoms with Gasteiger partial charge in [-0.1, -0.05) is 11.6 Å². The zero-order valence-corrected chi connectivity index (χ0v) is 13.8. The largest absolute Gasteiger partial charge is 0.375 e. The van der Waals surface area contributed by atoms with Crippen LogP contribution in [0.5, 0.6) is 0 Å². The summed E-state index contributed by atoms with van der Waals surface area (Å²) in [5.74, 6) is 0. The van der Waals surface area contributed by atoms with Crippen LogP contribution in [0.25, 0.3) is 11.0 Å². The number of fused-ring (bicyclic) bond motifs is 1. The smallest absolute Gasteiger partial charge is 0.129 e. The highest BCUT2D eigenvalue weighted by atomic mass is 35.5. The van der Waals surface area contributed by atoms with Gasteiger partial charge in [-0.05, 0) is 44.5 Å². The summed E-state index contributed by atoms with van der Waals surface area (Å²) in [5.41, 5.74) is 3.91. The monoisotopic (exact) mass is 323 g/mol. The van der Waals surface area contributed by atoms with Crippen LogP contribution in [-0.4, -0.2) is 8.75 Å². The first-order valence-electron chi connectivity index (χ1n) is 6.30. The Hall–Kier alpha value is -1.17. The average molecular weight is 324 g/mol. The van der Waals surface area contributed by atoms with Crippen molar-refractivity contribution in [1.29, 1.82) is 0 Å². The molecule has 0 spiro atoms. The third kappa shape index (κ3) is 2.41. The number of halogens is 1. The number of hydrogen-bond acceptors (Lipinski definition) is 5. The number of nitrogens with zero attached hydrogens (tertiary/aromatic N) is 2. The van der Waals surface area contributed by atoms with Crippen molar-refractivity contribution >= 4 is 51.4 Å². The molecule has 0 bridgehead atoms. The molecule has 20 heavy (non-hydrogen) atoms. The summed E-state index contributed by atoms with van der Waals surface area (Å²) < 4.78 is 8.60. The van der Waals surface area contributed by atoms with Crippen LogP contribution in [0.2, 0.25) is 5.02 Å². The summed E-state index contributed by atoms with van der Waals surface area (Å²) in [6, 6.07) is 6.18. The first-order valence-corrected chi connectivity index (χ1v) is 8.23. The standard InChI is InChI=1S/C14H14ClN3S2/c1-7-6-10(9(3)19-7)8(2)16-13-11(15)4-5-12-14(13)18-20-17-12/h4-6,8,16H,1-3H3. The van der Waals surface area contributed by atoms with Crippen LogP contribution in [-0.2, 0) is 0 Å². The van der Waals surface area contributed by atoms with E-state index in [-0.39, 0.29) is 6.04 Å². The average Bonchev–Trinajstić information content (AvgIpc) is 2.99. The van der Waals surface area contributed by atoms with Crippen LogP contribution < -0.4 is 5.32 Å². The van der Waals surface area contributed by atoms with E-state index in [0.29, 0.717) is 5.02 Å². The number of benzene rings is 1. The lowest BCUT2D eigenvalue weighted by Gasteiger charge is -2.16. The lowest BCUT2D eigenvalue weighted by atomic mass is 10.1. The van der Waals surface area contributed by atoms with E-state index in [1.807, 2.05) is 23.5 Å². The van der Waals surface area contributed by atoms with Crippen molar-refractivity contribution in [2.24, 2.45) is 0 Å². The summed E-state index contributed by atoms with van der Waals surface area (Å²) in [6.45, 7) is 6.42. The van der Waals surface area contributed by atoms with Crippen molar-refractivity contribution in [3.05, 3.63) is 38.5 Å². The summed E-state index contributed by atoms with van der Waals surface area (Å²) in [6.07, 6.45) is 0. The minimum Gasteiger partial charge on any atom is -0.375 e. The normalized spacial score (nSPS) is 12.8. The molecule has 0 fully saturated rings. The maximum Gasteiger partial charge on any atom is 0.129 e. The maximum absolute atomic E-state index is 6.31. The number of hydrogen-bond donors (Lipinski definition) is 1. The fourth-order valence-corrected chi connectivity index (χ4v) is 4.11. The Morgan fingerprint density at radius 1 is 1.25 bits per heavy atom. The van der Waals surface area contributed by atoms with E-state index in [9.17, 15) is 0 Å². The minimum atomic E-state index is 0.185. The van der Waals surface area contributed by atoms with Crippen molar-refractivity contribution in [2.75, 3.05) is 5.32 Å². The van der Waals surface area contributed by atoms with Gasteiger partial charge >= 0.3 is 0 Å². The fraction of sp³-hybridized carbons (Fsp3) is 0.286. The van der Waals surface area contributed by atoms with Crippen molar-refractivity contribution < 1.29 is 0 Å². The first kappa shape index (κ1) is 13.8. The number of nitrogens with one attached hydrogen (secondary N) is 1. The van der Waals surface area contributed by atoms with Crippen molar-refractivity contribution in [2.45, 2.75) is 26.8 Å². The van der Waals surface area contributed by atoms with Gasteiger partial charge in [-0.15, -0.1) is 11.3 Å². The summed E-state index contributed by atoms with van der Waals surface area (Å²) in [5, 5.41) is 4.17. The van der Waals surface area contributed by atoms with Gasteiger partial charge in [-0.3, -0.25) is 0 Å². The second-order valence-corrected chi connectivity index (χ2v) is 7.19. The third-order valence-electron chi connectivity index (χ3n) is 3.28. The predicted octanol–water partition coefficient (Wildman–Crippen LogP) is 5.20. The van der Waals surface area contributed by atoms with Gasteiger partial charge in [-0.2, -0.15) is 8.75 Å². The second kappa shape index (κ2) is 5.31. The molecule has 3 aromatic rings. The number of rotatable bonds is 3. The van der Waals surface area contributed by atoms with Gasteiger partial charge in [0.25, 0.3) is 0 Å². The Morgan fingerprint density at radius 2 is 2.05 bits per heavy atom. The third-order valence-corrected chi connectivity index (χ3v) is 5.12. The molecule has 0 amide bonds. The van der Waals surface area contributed by atoms with Crippen molar-refractivity contribution in [1.82, 2.24) is 8.75 Å². The molecule has 0 aliphatic heterocycles. The highest BCUT2D eigenvalue weighted by Gasteiger charge is 2.16. The Morgan fingerprint density at radius 3 is 2.75 bits per heavy atom. The van der Waals surface area contributed by atoms with Crippen LogP contribution in [0.15, 0.2) is 18.2 Å². The van der Waals surface area contributed by atoms with Gasteiger partial charge in [0.2, 0.25) is 0 Å². The topological polar surface area (TPSA) is 37.8 Å². The molecule has 0 saturated heterocycles. The zero-order valence-electron chi connectivity index (χ0n) is 11.4. The molecule has 2 heterocycles. The highest BCUT2D eigenvalue weighted by molar-refractivity contribution is 7.12. The quantitative estimate of drug-likeness (QED) is 0.720. The van der Waals surface area contributed by atoms with Crippen LogP contribution in [0.3, 0.4) is 0 Å². The first-order chi connectivity index (χ1) is 9.56. The van der Waals surface area contributed by atoms with Gasteiger partial charge in [0, 0.05) is 15.8 Å². The van der Waals surface area contributed by atoms with Gasteiger partial charge < -0.3 is 5.32 Å². The summed E-state index contributed by atoms with van der Waals surface area (Å²) in [4.78, 5) is 2.66. The lowest BCUT2D eigenvalue weighted by Crippen LogP contribution is -2.07. The second-order valence-electron chi connectivity index (χ2n) is 4.79. The lowest BCUT2D eigenvalue weighted by molar-refractivity contribution is 0.883. The molecular formula is C14H14ClN3S2. The minimum absolute atomic E-state index is 0.185. The molecule has 6 heteroatoms. The van der Waals surface area contributed by atoms with Gasteiger partial charge in [-0.25, -0.2) is 0 Å². The molecule has 0 aliphatic rings. The summed E-state index contributed by atoms with van der Waals surface area (Å²) >= 11 is 9.34. The molecule has 3 nitrogen and oxygen atoms in total. The van der Waals surface area contributed by atoms with Crippen LogP contribution in [0.4, 0.5) is 5.69 Å². The van der Waals surface area contributed by atoms with Gasteiger partial charge in [0.15, 0.2) is 0 Å². The molecule has 1 unspecified atom stereocenters. The van der Waals surface area contributed by atoms with E-state index in [1.165, 1.54) is 27.0 Å². The number of aryl methyl sites for hydroxylation is 2. The van der Waals surface area contributed by atoms with Crippen molar-refractivity contribution in [3.63, 3.8) is 0 Å². The molecule has 0 saturated carbocycles. The van der Waals surface area contributed by atoms with Gasteiger partial charge in [0.05, 0.1) is 22.4 Å². The SMILES string of the molecule is Cc1cc(C(C)Nc2c(Cl)ccc3nsnc23)c(C)s1. The fourth-order valence-electron chi connectivity index (χ4n) is 2.34. The molecule has 0 aliphatic carbocycles. The van der Waals surface area contributed by atoms with Crippen LogP contribution >= 0.6 is 34.7 Å². The molecule has 1 N–H and O–H groups in total. The van der Waals surface area contributed by atoms with E-state index in [1.54, 1.807) is 0 Å². The number of thiophene rings is 1. The number of aromatic nitrogens is 2. The van der Waals surface area contributed by atoms with E-state index in [0.717, 1.165) is 16.7 Å². The Labute approximate surface area is 130 Å². The molecule has 1 atom stereocenters. The Kier molecular flexibility index (Phi) is 3.67. The molecular weight excluding hydrogens is 310 g/mol. The molecule has 3 rings (SSSR count). The van der Waals surface area contributed by atoms with Crippen LogP contribution in [0, 0.1) is 13.8 Å². The Balaban J connectivity index is 1.98. The molecule has 0 radical (unpaired) electrons. The van der Waals surface area contributed by atoms with Gasteiger partial charge in [0.1, 0.15) is 11.0 Å². The molecule has 2 aromatic heterocycles. The van der Waals surface area contributed by atoms with E-state index in [2.05, 4.69) is 40.9 Å². The predicted molar refractivity (Wildman–Crippen MR) is 88.3 cm³/mol. The maximum atomic E-state index is 6.31. The van der Waals surface area contributed by atoms with E-state index < -0.39 is 0 Å². The van der Waals surface area contributed by atoms with Crippen LogP contribution in [0.1, 0.15) is 28.3 Å². The van der Waals surface area contributed by atoms with E-state index >= 15 is 0 Å². The zero-order chi connectivity index (χ0) is 14.3. The number of anilines is 1. The Bertz CT molecular complexity index is 763.